The lowest BCUT2D eigenvalue weighted by molar-refractivity contribution is -0.137. The van der Waals surface area contributed by atoms with E-state index >= 15 is 0 Å². The predicted octanol–water partition coefficient (Wildman–Crippen LogP) is 4.28. The van der Waals surface area contributed by atoms with Gasteiger partial charge in [0.15, 0.2) is 0 Å². The maximum absolute atomic E-state index is 13.5. The fourth-order valence-corrected chi connectivity index (χ4v) is 4.73. The van der Waals surface area contributed by atoms with Crippen molar-refractivity contribution in [3.8, 4) is 0 Å². The number of aromatic amines is 1. The molecule has 5 heteroatoms. The van der Waals surface area contributed by atoms with Crippen LogP contribution in [-0.2, 0) is 16.0 Å². The summed E-state index contributed by atoms with van der Waals surface area (Å²) in [4.78, 5) is 33.8. The van der Waals surface area contributed by atoms with Crippen LogP contribution in [-0.4, -0.2) is 46.2 Å². The number of piperidine rings is 1. The van der Waals surface area contributed by atoms with Gasteiger partial charge in [0.1, 0.15) is 5.70 Å². The number of nitrogens with zero attached hydrogens (tertiary/aromatic N) is 2. The zero-order valence-electron chi connectivity index (χ0n) is 17.9. The second-order valence-electron chi connectivity index (χ2n) is 8.51. The number of aromatic nitrogens is 1. The highest BCUT2D eigenvalue weighted by Gasteiger charge is 2.41. The van der Waals surface area contributed by atoms with Gasteiger partial charge in [-0.15, -0.1) is 0 Å². The Labute approximate surface area is 182 Å². The Hall–Kier alpha value is -3.34. The van der Waals surface area contributed by atoms with E-state index in [1.807, 2.05) is 55.6 Å². The van der Waals surface area contributed by atoms with Gasteiger partial charge >= 0.3 is 0 Å². The second-order valence-corrected chi connectivity index (χ2v) is 8.51. The normalized spacial score (nSPS) is 17.3. The van der Waals surface area contributed by atoms with Crippen molar-refractivity contribution in [1.29, 1.82) is 0 Å². The number of amides is 2. The fourth-order valence-electron chi connectivity index (χ4n) is 4.73. The van der Waals surface area contributed by atoms with E-state index in [0.29, 0.717) is 24.2 Å². The molecule has 0 spiro atoms. The molecule has 158 valence electrons. The van der Waals surface area contributed by atoms with Crippen molar-refractivity contribution in [2.45, 2.75) is 32.6 Å². The third kappa shape index (κ3) is 3.54. The first-order valence-electron chi connectivity index (χ1n) is 11.1. The Balaban J connectivity index is 1.45. The number of nitrogens with one attached hydrogen (secondary N) is 1. The number of para-hydroxylation sites is 1. The molecule has 0 bridgehead atoms. The van der Waals surface area contributed by atoms with Crippen LogP contribution in [0.3, 0.4) is 0 Å². The maximum Gasteiger partial charge on any atom is 0.277 e. The Morgan fingerprint density at radius 1 is 0.903 bits per heavy atom. The van der Waals surface area contributed by atoms with Crippen molar-refractivity contribution in [2.24, 2.45) is 0 Å². The SMILES string of the molecule is Cc1ccc(C2=C(N3CCCCC3)C(=O)N(CCc3c[nH]c4ccccc34)C2=O)cc1. The number of benzene rings is 2. The highest BCUT2D eigenvalue weighted by atomic mass is 16.2. The molecule has 3 aromatic rings. The number of fused-ring (bicyclic) bond motifs is 1. The molecule has 0 unspecified atom stereocenters. The van der Waals surface area contributed by atoms with Crippen LogP contribution in [0.1, 0.15) is 36.0 Å². The van der Waals surface area contributed by atoms with Gasteiger partial charge in [-0.05, 0) is 49.8 Å². The van der Waals surface area contributed by atoms with E-state index in [-0.39, 0.29) is 11.8 Å². The van der Waals surface area contributed by atoms with Crippen molar-refractivity contribution in [2.75, 3.05) is 19.6 Å². The number of hydrogen-bond donors (Lipinski definition) is 1. The van der Waals surface area contributed by atoms with E-state index in [1.54, 1.807) is 0 Å². The van der Waals surface area contributed by atoms with Crippen molar-refractivity contribution in [1.82, 2.24) is 14.8 Å². The maximum atomic E-state index is 13.5. The number of aryl methyl sites for hydroxylation is 1. The Morgan fingerprint density at radius 3 is 2.42 bits per heavy atom. The van der Waals surface area contributed by atoms with Crippen LogP contribution in [0.2, 0.25) is 0 Å². The molecule has 2 aliphatic heterocycles. The van der Waals surface area contributed by atoms with Gasteiger partial charge in [-0.3, -0.25) is 14.5 Å². The summed E-state index contributed by atoms with van der Waals surface area (Å²) in [5.41, 5.74) is 5.32. The molecule has 0 atom stereocenters. The molecule has 5 rings (SSSR count). The number of rotatable bonds is 5. The van der Waals surface area contributed by atoms with E-state index in [9.17, 15) is 9.59 Å². The van der Waals surface area contributed by atoms with Crippen LogP contribution in [0.25, 0.3) is 16.5 Å². The summed E-state index contributed by atoms with van der Waals surface area (Å²) in [6, 6.07) is 16.0. The summed E-state index contributed by atoms with van der Waals surface area (Å²) in [5, 5.41) is 1.14. The minimum absolute atomic E-state index is 0.151. The van der Waals surface area contributed by atoms with Crippen LogP contribution in [0.5, 0.6) is 0 Å². The average molecular weight is 414 g/mol. The number of H-pyrrole nitrogens is 1. The van der Waals surface area contributed by atoms with Crippen LogP contribution in [0.15, 0.2) is 60.4 Å². The van der Waals surface area contributed by atoms with E-state index in [0.717, 1.165) is 53.5 Å². The van der Waals surface area contributed by atoms with Crippen molar-refractivity contribution >= 4 is 28.3 Å². The minimum Gasteiger partial charge on any atom is -0.366 e. The van der Waals surface area contributed by atoms with Crippen molar-refractivity contribution in [3.63, 3.8) is 0 Å². The lowest BCUT2D eigenvalue weighted by atomic mass is 10.0. The molecule has 0 aliphatic carbocycles. The van der Waals surface area contributed by atoms with Gasteiger partial charge in [-0.2, -0.15) is 0 Å². The van der Waals surface area contributed by atoms with Gasteiger partial charge in [-0.1, -0.05) is 48.0 Å². The minimum atomic E-state index is -0.172. The first-order valence-corrected chi connectivity index (χ1v) is 11.1. The zero-order valence-corrected chi connectivity index (χ0v) is 17.9. The smallest absolute Gasteiger partial charge is 0.277 e. The Morgan fingerprint density at radius 2 is 1.65 bits per heavy atom. The third-order valence-corrected chi connectivity index (χ3v) is 6.44. The third-order valence-electron chi connectivity index (χ3n) is 6.44. The molecule has 2 amide bonds. The largest absolute Gasteiger partial charge is 0.366 e. The quantitative estimate of drug-likeness (QED) is 0.635. The van der Waals surface area contributed by atoms with Crippen LogP contribution in [0.4, 0.5) is 0 Å². The van der Waals surface area contributed by atoms with Gasteiger partial charge in [0.05, 0.1) is 5.57 Å². The summed E-state index contributed by atoms with van der Waals surface area (Å²) in [6.45, 7) is 4.07. The van der Waals surface area contributed by atoms with Crippen LogP contribution < -0.4 is 0 Å². The fraction of sp³-hybridized carbons (Fsp3) is 0.308. The molecule has 31 heavy (non-hydrogen) atoms. The molecule has 0 saturated carbocycles. The number of hydrogen-bond acceptors (Lipinski definition) is 3. The first kappa shape index (κ1) is 19.6. The summed E-state index contributed by atoms with van der Waals surface area (Å²) >= 11 is 0. The zero-order chi connectivity index (χ0) is 21.4. The number of carbonyl (C=O) groups is 2. The van der Waals surface area contributed by atoms with Gasteiger partial charge < -0.3 is 9.88 Å². The highest BCUT2D eigenvalue weighted by molar-refractivity contribution is 6.35. The Bertz CT molecular complexity index is 1170. The number of carbonyl (C=O) groups excluding carboxylic acids is 2. The molecular formula is C26H27N3O2. The monoisotopic (exact) mass is 413 g/mol. The second kappa shape index (κ2) is 8.06. The van der Waals surface area contributed by atoms with Gasteiger partial charge in [0.2, 0.25) is 0 Å². The molecule has 2 aromatic carbocycles. The predicted molar refractivity (Wildman–Crippen MR) is 122 cm³/mol. The molecule has 1 aromatic heterocycles. The van der Waals surface area contributed by atoms with E-state index in [2.05, 4.69) is 16.0 Å². The molecule has 1 fully saturated rings. The van der Waals surface area contributed by atoms with E-state index in [1.165, 1.54) is 11.3 Å². The standard InChI is InChI=1S/C26H27N3O2/c1-18-9-11-19(12-10-18)23-24(28-14-5-2-6-15-28)26(31)29(25(23)30)16-13-20-17-27-22-8-4-3-7-21(20)22/h3-4,7-12,17,27H,2,5-6,13-16H2,1H3. The summed E-state index contributed by atoms with van der Waals surface area (Å²) in [5.74, 6) is -0.323. The van der Waals surface area contributed by atoms with Crippen LogP contribution >= 0.6 is 0 Å². The van der Waals surface area contributed by atoms with Crippen molar-refractivity contribution in [3.05, 3.63) is 77.1 Å². The average Bonchev–Trinajstić information content (AvgIpc) is 3.32. The van der Waals surface area contributed by atoms with E-state index in [4.69, 9.17) is 0 Å². The van der Waals surface area contributed by atoms with Crippen LogP contribution in [0, 0.1) is 6.92 Å². The molecule has 2 aliphatic rings. The summed E-state index contributed by atoms with van der Waals surface area (Å²) in [7, 11) is 0. The lowest BCUT2D eigenvalue weighted by Gasteiger charge is -2.29. The van der Waals surface area contributed by atoms with E-state index < -0.39 is 0 Å². The Kier molecular flexibility index (Phi) is 5.10. The molecule has 1 saturated heterocycles. The molecule has 5 nitrogen and oxygen atoms in total. The number of imide groups is 1. The van der Waals surface area contributed by atoms with Gasteiger partial charge in [0, 0.05) is 36.7 Å². The van der Waals surface area contributed by atoms with Gasteiger partial charge in [0.25, 0.3) is 11.8 Å². The lowest BCUT2D eigenvalue weighted by Crippen LogP contribution is -2.38. The summed E-state index contributed by atoms with van der Waals surface area (Å²) < 4.78 is 0. The number of likely N-dealkylation sites (tertiary alicyclic amines) is 1. The van der Waals surface area contributed by atoms with Crippen molar-refractivity contribution < 1.29 is 9.59 Å². The molecule has 1 N–H and O–H groups in total. The first-order chi connectivity index (χ1) is 15.1. The van der Waals surface area contributed by atoms with Gasteiger partial charge in [-0.25, -0.2) is 0 Å². The topological polar surface area (TPSA) is 56.4 Å². The molecular weight excluding hydrogens is 386 g/mol. The summed E-state index contributed by atoms with van der Waals surface area (Å²) in [6.07, 6.45) is 5.91. The molecule has 3 heterocycles. The highest BCUT2D eigenvalue weighted by Crippen LogP contribution is 2.33. The molecule has 0 radical (unpaired) electrons.